The first-order valence-corrected chi connectivity index (χ1v) is 4.78. The molecule has 1 rings (SSSR count). The van der Waals surface area contributed by atoms with E-state index in [9.17, 15) is 0 Å². The average molecular weight is 162 g/mol. The second kappa shape index (κ2) is 5.65. The highest BCUT2D eigenvalue weighted by molar-refractivity contribution is 6.04. The van der Waals surface area contributed by atoms with Crippen molar-refractivity contribution in [2.45, 2.75) is 25.7 Å². The SMILES string of the molecule is [B]N1CCCCN([B])CCCC1. The zero-order chi connectivity index (χ0) is 8.81. The summed E-state index contributed by atoms with van der Waals surface area (Å²) in [7, 11) is 11.5. The number of hydrogen-bond donors (Lipinski definition) is 0. The Morgan fingerprint density at radius 1 is 0.583 bits per heavy atom. The van der Waals surface area contributed by atoms with Crippen molar-refractivity contribution in [1.82, 2.24) is 9.62 Å². The zero-order valence-electron chi connectivity index (χ0n) is 7.71. The Balaban J connectivity index is 2.20. The summed E-state index contributed by atoms with van der Waals surface area (Å²) in [6.07, 6.45) is 4.63. The molecule has 64 valence electrons. The Morgan fingerprint density at radius 2 is 0.833 bits per heavy atom. The summed E-state index contributed by atoms with van der Waals surface area (Å²) in [5, 5.41) is 0. The molecule has 0 spiro atoms. The first-order chi connectivity index (χ1) is 5.79. The number of rotatable bonds is 0. The van der Waals surface area contributed by atoms with E-state index in [-0.39, 0.29) is 0 Å². The Morgan fingerprint density at radius 3 is 1.08 bits per heavy atom. The van der Waals surface area contributed by atoms with Crippen LogP contribution in [0.3, 0.4) is 0 Å². The Bertz CT molecular complexity index is 95.6. The highest BCUT2D eigenvalue weighted by Crippen LogP contribution is 2.01. The van der Waals surface area contributed by atoms with E-state index >= 15 is 0 Å². The lowest BCUT2D eigenvalue weighted by molar-refractivity contribution is 0.352. The van der Waals surface area contributed by atoms with Crippen LogP contribution in [-0.2, 0) is 0 Å². The van der Waals surface area contributed by atoms with Crippen LogP contribution in [0, 0.1) is 0 Å². The molecule has 12 heavy (non-hydrogen) atoms. The molecule has 1 saturated heterocycles. The van der Waals surface area contributed by atoms with Crippen molar-refractivity contribution in [3.8, 4) is 0 Å². The maximum absolute atomic E-state index is 5.75. The van der Waals surface area contributed by atoms with Gasteiger partial charge in [-0.25, -0.2) is 0 Å². The van der Waals surface area contributed by atoms with Gasteiger partial charge in [0.15, 0.2) is 16.0 Å². The van der Waals surface area contributed by atoms with Gasteiger partial charge in [-0.1, -0.05) is 0 Å². The topological polar surface area (TPSA) is 6.48 Å². The van der Waals surface area contributed by atoms with Gasteiger partial charge >= 0.3 is 0 Å². The molecule has 0 N–H and O–H groups in total. The van der Waals surface area contributed by atoms with Crippen molar-refractivity contribution in [2.24, 2.45) is 0 Å². The van der Waals surface area contributed by atoms with Gasteiger partial charge in [-0.2, -0.15) is 0 Å². The van der Waals surface area contributed by atoms with Gasteiger partial charge in [0.2, 0.25) is 0 Å². The van der Waals surface area contributed by atoms with E-state index < -0.39 is 0 Å². The van der Waals surface area contributed by atoms with Gasteiger partial charge < -0.3 is 9.62 Å². The van der Waals surface area contributed by atoms with Crippen molar-refractivity contribution in [1.29, 1.82) is 0 Å². The van der Waals surface area contributed by atoms with Crippen molar-refractivity contribution >= 4 is 16.0 Å². The van der Waals surface area contributed by atoms with Crippen molar-refractivity contribution in [3.63, 3.8) is 0 Å². The third kappa shape index (κ3) is 4.17. The largest absolute Gasteiger partial charge is 0.353 e. The maximum atomic E-state index is 5.75. The van der Waals surface area contributed by atoms with Gasteiger partial charge in [0.25, 0.3) is 0 Å². The minimum atomic E-state index is 1.01. The van der Waals surface area contributed by atoms with Crippen LogP contribution >= 0.6 is 0 Å². The van der Waals surface area contributed by atoms with Crippen molar-refractivity contribution in [2.75, 3.05) is 26.2 Å². The molecule has 0 aromatic carbocycles. The molecule has 0 saturated carbocycles. The smallest absolute Gasteiger partial charge is 0.182 e. The molecule has 0 aliphatic carbocycles. The van der Waals surface area contributed by atoms with Crippen LogP contribution in [0.15, 0.2) is 0 Å². The summed E-state index contributed by atoms with van der Waals surface area (Å²) >= 11 is 0. The van der Waals surface area contributed by atoms with Crippen LogP contribution < -0.4 is 0 Å². The Kier molecular flexibility index (Phi) is 4.77. The highest BCUT2D eigenvalue weighted by Gasteiger charge is 2.03. The second-order valence-corrected chi connectivity index (χ2v) is 3.49. The molecule has 4 heteroatoms. The summed E-state index contributed by atoms with van der Waals surface area (Å²) in [5.74, 6) is 0. The van der Waals surface area contributed by atoms with Gasteiger partial charge in [-0.3, -0.25) is 0 Å². The van der Waals surface area contributed by atoms with E-state index in [0.29, 0.717) is 0 Å². The lowest BCUT2D eigenvalue weighted by Gasteiger charge is -2.23. The van der Waals surface area contributed by atoms with Crippen LogP contribution in [0.25, 0.3) is 0 Å². The lowest BCUT2D eigenvalue weighted by atomic mass is 10.1. The van der Waals surface area contributed by atoms with Gasteiger partial charge in [0, 0.05) is 0 Å². The third-order valence-electron chi connectivity index (χ3n) is 2.28. The molecule has 2 nitrogen and oxygen atoms in total. The van der Waals surface area contributed by atoms with Crippen LogP contribution in [0.5, 0.6) is 0 Å². The average Bonchev–Trinajstić information content (AvgIpc) is 2.06. The predicted molar refractivity (Wildman–Crippen MR) is 53.1 cm³/mol. The van der Waals surface area contributed by atoms with Crippen LogP contribution in [0.4, 0.5) is 0 Å². The summed E-state index contributed by atoms with van der Waals surface area (Å²) < 4.78 is 0. The van der Waals surface area contributed by atoms with E-state index in [4.69, 9.17) is 16.0 Å². The quantitative estimate of drug-likeness (QED) is 0.473. The summed E-state index contributed by atoms with van der Waals surface area (Å²) in [6, 6.07) is 0. The van der Waals surface area contributed by atoms with Crippen LogP contribution in [0.2, 0.25) is 0 Å². The molecule has 4 radical (unpaired) electrons. The fraction of sp³-hybridized carbons (Fsp3) is 1.00. The molecule has 0 amide bonds. The molecule has 0 aromatic heterocycles. The Hall–Kier alpha value is 0.0499. The molecule has 0 unspecified atom stereocenters. The van der Waals surface area contributed by atoms with Gasteiger partial charge in [-0.05, 0) is 51.9 Å². The number of hydrogen-bond acceptors (Lipinski definition) is 2. The zero-order valence-corrected chi connectivity index (χ0v) is 7.71. The number of nitrogens with zero attached hydrogens (tertiary/aromatic N) is 2. The van der Waals surface area contributed by atoms with E-state index in [1.54, 1.807) is 0 Å². The summed E-state index contributed by atoms with van der Waals surface area (Å²) in [5.41, 5.74) is 0. The van der Waals surface area contributed by atoms with E-state index in [1.165, 1.54) is 0 Å². The lowest BCUT2D eigenvalue weighted by Crippen LogP contribution is -2.29. The third-order valence-corrected chi connectivity index (χ3v) is 2.28. The Labute approximate surface area is 78.2 Å². The first kappa shape index (κ1) is 10.1. The standard InChI is InChI=1S/C8H16B2N2/c9-11-5-1-2-6-12(10)8-4-3-7-11/h1-8H2. The molecule has 0 aromatic rings. The molecule has 1 fully saturated rings. The summed E-state index contributed by atoms with van der Waals surface area (Å²) in [4.78, 5) is 3.85. The molecule has 0 bridgehead atoms. The first-order valence-electron chi connectivity index (χ1n) is 4.78. The maximum Gasteiger partial charge on any atom is 0.182 e. The van der Waals surface area contributed by atoms with Crippen molar-refractivity contribution in [3.05, 3.63) is 0 Å². The monoisotopic (exact) mass is 162 g/mol. The fourth-order valence-corrected chi connectivity index (χ4v) is 1.48. The minimum Gasteiger partial charge on any atom is -0.353 e. The summed E-state index contributed by atoms with van der Waals surface area (Å²) in [6.45, 7) is 4.03. The fourth-order valence-electron chi connectivity index (χ4n) is 1.48. The van der Waals surface area contributed by atoms with E-state index in [1.807, 2.05) is 9.62 Å². The van der Waals surface area contributed by atoms with Gasteiger partial charge in [-0.15, -0.1) is 0 Å². The molecule has 1 aliphatic rings. The predicted octanol–water partition coefficient (Wildman–Crippen LogP) is 0.331. The normalized spacial score (nSPS) is 25.3. The van der Waals surface area contributed by atoms with Crippen molar-refractivity contribution < 1.29 is 0 Å². The van der Waals surface area contributed by atoms with Crippen LogP contribution in [0.1, 0.15) is 25.7 Å². The van der Waals surface area contributed by atoms with E-state index in [0.717, 1.165) is 51.9 Å². The van der Waals surface area contributed by atoms with E-state index in [2.05, 4.69) is 0 Å². The van der Waals surface area contributed by atoms with Gasteiger partial charge in [0.05, 0.1) is 0 Å². The molecule has 1 aliphatic heterocycles. The molecule has 0 atom stereocenters. The van der Waals surface area contributed by atoms with Gasteiger partial charge in [0.1, 0.15) is 0 Å². The second-order valence-electron chi connectivity index (χ2n) is 3.49. The van der Waals surface area contributed by atoms with Crippen LogP contribution in [-0.4, -0.2) is 51.8 Å². The molecular formula is C8H16B2N2. The molecular weight excluding hydrogens is 146 g/mol. The minimum absolute atomic E-state index is 1.01. The highest BCUT2D eigenvalue weighted by atomic mass is 15.0. The molecule has 1 heterocycles.